The molecule has 0 N–H and O–H groups in total. The van der Waals surface area contributed by atoms with Gasteiger partial charge >= 0.3 is 0 Å². The van der Waals surface area contributed by atoms with Crippen molar-refractivity contribution in [2.75, 3.05) is 31.1 Å². The molecule has 0 aromatic carbocycles. The fourth-order valence-electron chi connectivity index (χ4n) is 3.69. The fourth-order valence-corrected chi connectivity index (χ4v) is 3.69. The number of rotatable bonds is 2. The molecule has 1 atom stereocenters. The molecule has 0 unspecified atom stereocenters. The first kappa shape index (κ1) is 13.0. The fraction of sp³-hybridized carbons (Fsp3) is 0.667. The zero-order valence-corrected chi connectivity index (χ0v) is 12.6. The average Bonchev–Trinajstić information content (AvgIpc) is 3.10. The Hall–Kier alpha value is -1.69. The van der Waals surface area contributed by atoms with E-state index >= 15 is 0 Å². The first-order chi connectivity index (χ1) is 10.3. The number of hydrogen-bond donors (Lipinski definition) is 0. The van der Waals surface area contributed by atoms with Gasteiger partial charge in [-0.2, -0.15) is 9.61 Å². The zero-order chi connectivity index (χ0) is 14.2. The minimum absolute atomic E-state index is 0.703. The van der Waals surface area contributed by atoms with Gasteiger partial charge in [-0.15, -0.1) is 10.2 Å². The molecule has 2 aliphatic heterocycles. The van der Waals surface area contributed by atoms with Crippen molar-refractivity contribution < 1.29 is 0 Å². The molecule has 21 heavy (non-hydrogen) atoms. The Bertz CT molecular complexity index is 636. The quantitative estimate of drug-likeness (QED) is 0.834. The average molecular weight is 286 g/mol. The van der Waals surface area contributed by atoms with E-state index in [9.17, 15) is 0 Å². The third kappa shape index (κ3) is 2.27. The Morgan fingerprint density at radius 1 is 1.24 bits per heavy atom. The monoisotopic (exact) mass is 286 g/mol. The molecule has 4 heterocycles. The molecule has 6 heteroatoms. The largest absolute Gasteiger partial charge is 0.367 e. The summed E-state index contributed by atoms with van der Waals surface area (Å²) in [6.07, 6.45) is 6.53. The van der Waals surface area contributed by atoms with Crippen molar-refractivity contribution in [3.63, 3.8) is 0 Å². The van der Waals surface area contributed by atoms with Crippen LogP contribution in [0.15, 0.2) is 12.4 Å². The van der Waals surface area contributed by atoms with Crippen molar-refractivity contribution in [1.29, 1.82) is 0 Å². The van der Waals surface area contributed by atoms with Gasteiger partial charge in [0.25, 0.3) is 0 Å². The lowest BCUT2D eigenvalue weighted by molar-refractivity contribution is 0.273. The van der Waals surface area contributed by atoms with Crippen molar-refractivity contribution in [3.8, 4) is 0 Å². The van der Waals surface area contributed by atoms with Gasteiger partial charge in [-0.3, -0.25) is 4.90 Å². The third-order valence-electron chi connectivity index (χ3n) is 4.81. The van der Waals surface area contributed by atoms with Gasteiger partial charge in [0.2, 0.25) is 5.65 Å². The zero-order valence-electron chi connectivity index (χ0n) is 12.6. The number of hydrogen-bond acceptors (Lipinski definition) is 5. The Morgan fingerprint density at radius 3 is 3.05 bits per heavy atom. The summed E-state index contributed by atoms with van der Waals surface area (Å²) in [4.78, 5) is 5.16. The standard InChI is InChI=1S/C15H22N6/c1-2-12-9-14(15-17-16-11-21(15)18-12)20-8-4-7-19-6-3-5-13(19)10-20/h9,11,13H,2-8,10H2,1H3/t13-/m0/s1. The highest BCUT2D eigenvalue weighted by atomic mass is 15.4. The number of aromatic nitrogens is 4. The molecule has 2 fully saturated rings. The van der Waals surface area contributed by atoms with Gasteiger partial charge in [0.15, 0.2) is 0 Å². The molecule has 2 aromatic rings. The summed E-state index contributed by atoms with van der Waals surface area (Å²) < 4.78 is 1.82. The van der Waals surface area contributed by atoms with Gasteiger partial charge in [-0.1, -0.05) is 6.92 Å². The van der Waals surface area contributed by atoms with Crippen LogP contribution in [-0.2, 0) is 6.42 Å². The van der Waals surface area contributed by atoms with E-state index < -0.39 is 0 Å². The van der Waals surface area contributed by atoms with E-state index in [2.05, 4.69) is 38.1 Å². The van der Waals surface area contributed by atoms with Crippen molar-refractivity contribution >= 4 is 11.3 Å². The van der Waals surface area contributed by atoms with Crippen molar-refractivity contribution in [2.24, 2.45) is 0 Å². The lowest BCUT2D eigenvalue weighted by atomic mass is 10.2. The molecule has 4 rings (SSSR count). The Morgan fingerprint density at radius 2 is 2.14 bits per heavy atom. The summed E-state index contributed by atoms with van der Waals surface area (Å²) in [6, 6.07) is 2.91. The van der Waals surface area contributed by atoms with Crippen LogP contribution < -0.4 is 4.90 Å². The lowest BCUT2D eigenvalue weighted by Crippen LogP contribution is -2.36. The van der Waals surface area contributed by atoms with Crippen molar-refractivity contribution in [3.05, 3.63) is 18.1 Å². The first-order valence-corrected chi connectivity index (χ1v) is 8.04. The van der Waals surface area contributed by atoms with Crippen LogP contribution in [0.2, 0.25) is 0 Å². The lowest BCUT2D eigenvalue weighted by Gasteiger charge is -2.27. The van der Waals surface area contributed by atoms with Crippen LogP contribution in [0, 0.1) is 0 Å². The highest BCUT2D eigenvalue weighted by molar-refractivity contribution is 5.68. The van der Waals surface area contributed by atoms with Crippen molar-refractivity contribution in [2.45, 2.75) is 38.6 Å². The van der Waals surface area contributed by atoms with E-state index in [1.807, 2.05) is 4.52 Å². The number of fused-ring (bicyclic) bond motifs is 2. The molecule has 0 radical (unpaired) electrons. The molecule has 0 saturated carbocycles. The molecule has 2 aromatic heterocycles. The Labute approximate surface area is 124 Å². The van der Waals surface area contributed by atoms with Crippen LogP contribution in [0.4, 0.5) is 5.69 Å². The summed E-state index contributed by atoms with van der Waals surface area (Å²) in [5, 5.41) is 12.9. The van der Waals surface area contributed by atoms with E-state index in [0.717, 1.165) is 30.9 Å². The van der Waals surface area contributed by atoms with E-state index in [1.54, 1.807) is 6.33 Å². The maximum absolute atomic E-state index is 4.55. The third-order valence-corrected chi connectivity index (χ3v) is 4.81. The molecule has 0 aliphatic carbocycles. The normalized spacial score (nSPS) is 23.5. The molecule has 0 spiro atoms. The van der Waals surface area contributed by atoms with E-state index in [0.29, 0.717) is 6.04 Å². The minimum atomic E-state index is 0.703. The van der Waals surface area contributed by atoms with Crippen LogP contribution >= 0.6 is 0 Å². The highest BCUT2D eigenvalue weighted by Crippen LogP contribution is 2.27. The summed E-state index contributed by atoms with van der Waals surface area (Å²) in [6.45, 7) is 6.85. The molecule has 112 valence electrons. The van der Waals surface area contributed by atoms with Crippen LogP contribution in [0.5, 0.6) is 0 Å². The smallest absolute Gasteiger partial charge is 0.200 e. The predicted octanol–water partition coefficient (Wildman–Crippen LogP) is 1.36. The van der Waals surface area contributed by atoms with Crippen LogP contribution in [0.3, 0.4) is 0 Å². The molecular weight excluding hydrogens is 264 g/mol. The molecule has 0 bridgehead atoms. The van der Waals surface area contributed by atoms with Gasteiger partial charge < -0.3 is 4.90 Å². The van der Waals surface area contributed by atoms with Crippen LogP contribution in [0.25, 0.3) is 5.65 Å². The predicted molar refractivity (Wildman–Crippen MR) is 81.6 cm³/mol. The van der Waals surface area contributed by atoms with Gasteiger partial charge in [0.1, 0.15) is 6.33 Å². The summed E-state index contributed by atoms with van der Waals surface area (Å²) >= 11 is 0. The van der Waals surface area contributed by atoms with Crippen LogP contribution in [0.1, 0.15) is 31.9 Å². The van der Waals surface area contributed by atoms with Crippen LogP contribution in [-0.4, -0.2) is 56.9 Å². The van der Waals surface area contributed by atoms with E-state index in [4.69, 9.17) is 0 Å². The summed E-state index contributed by atoms with van der Waals surface area (Å²) in [5.74, 6) is 0. The number of anilines is 1. The molecule has 2 saturated heterocycles. The topological polar surface area (TPSA) is 49.6 Å². The van der Waals surface area contributed by atoms with Gasteiger partial charge in [-0.25, -0.2) is 0 Å². The van der Waals surface area contributed by atoms with Gasteiger partial charge in [-0.05, 0) is 38.3 Å². The second-order valence-corrected chi connectivity index (χ2v) is 6.11. The number of nitrogens with zero attached hydrogens (tertiary/aromatic N) is 6. The minimum Gasteiger partial charge on any atom is -0.367 e. The van der Waals surface area contributed by atoms with Gasteiger partial charge in [0.05, 0.1) is 11.4 Å². The van der Waals surface area contributed by atoms with Gasteiger partial charge in [0, 0.05) is 25.7 Å². The van der Waals surface area contributed by atoms with Crippen molar-refractivity contribution in [1.82, 2.24) is 24.7 Å². The maximum Gasteiger partial charge on any atom is 0.200 e. The second kappa shape index (κ2) is 5.26. The highest BCUT2D eigenvalue weighted by Gasteiger charge is 2.29. The Kier molecular flexibility index (Phi) is 3.25. The second-order valence-electron chi connectivity index (χ2n) is 6.11. The maximum atomic E-state index is 4.55. The SMILES string of the molecule is CCc1cc(N2CCCN3CCC[C@H]3C2)c2nncn2n1. The summed E-state index contributed by atoms with van der Waals surface area (Å²) in [7, 11) is 0. The van der Waals surface area contributed by atoms with E-state index in [1.165, 1.54) is 38.0 Å². The molecule has 6 nitrogen and oxygen atoms in total. The molecular formula is C15H22N6. The number of aryl methyl sites for hydroxylation is 1. The molecule has 0 amide bonds. The first-order valence-electron chi connectivity index (χ1n) is 8.04. The Balaban J connectivity index is 1.72. The van der Waals surface area contributed by atoms with E-state index in [-0.39, 0.29) is 0 Å². The molecule has 2 aliphatic rings. The summed E-state index contributed by atoms with van der Waals surface area (Å²) in [5.41, 5.74) is 3.19.